The average molecular weight is 271 g/mol. The summed E-state index contributed by atoms with van der Waals surface area (Å²) in [7, 11) is 0. The number of fused-ring (bicyclic) bond motifs is 1. The standard InChI is InChI=1S/C17H18FNO/c1-11-4-3-5-12(8-11)17(2)10-15(19)14-7-6-13(18)9-16(14)20-17/h3-9,15H,10,19H2,1-2H3/t15-,17?/m0/s1. The van der Waals surface area contributed by atoms with E-state index in [0.29, 0.717) is 12.2 Å². The van der Waals surface area contributed by atoms with Crippen molar-refractivity contribution >= 4 is 0 Å². The molecule has 0 amide bonds. The summed E-state index contributed by atoms with van der Waals surface area (Å²) in [6.07, 6.45) is 0.676. The van der Waals surface area contributed by atoms with Crippen LogP contribution in [0.15, 0.2) is 42.5 Å². The van der Waals surface area contributed by atoms with Crippen LogP contribution in [-0.4, -0.2) is 0 Å². The number of hydrogen-bond acceptors (Lipinski definition) is 2. The molecule has 3 rings (SSSR count). The number of aryl methyl sites for hydroxylation is 1. The molecule has 0 bridgehead atoms. The largest absolute Gasteiger partial charge is 0.482 e. The molecule has 2 atom stereocenters. The Hall–Kier alpha value is -1.87. The molecular formula is C17H18FNO. The third kappa shape index (κ3) is 2.18. The topological polar surface area (TPSA) is 35.2 Å². The zero-order valence-electron chi connectivity index (χ0n) is 11.7. The normalized spacial score (nSPS) is 24.9. The van der Waals surface area contributed by atoms with E-state index in [0.717, 1.165) is 11.1 Å². The Kier molecular flexibility index (Phi) is 3.02. The zero-order chi connectivity index (χ0) is 14.3. The molecule has 0 saturated heterocycles. The van der Waals surface area contributed by atoms with E-state index in [-0.39, 0.29) is 11.9 Å². The average Bonchev–Trinajstić information content (AvgIpc) is 2.38. The lowest BCUT2D eigenvalue weighted by atomic mass is 9.83. The molecule has 0 aliphatic carbocycles. The van der Waals surface area contributed by atoms with Gasteiger partial charge in [-0.25, -0.2) is 4.39 Å². The van der Waals surface area contributed by atoms with Crippen molar-refractivity contribution in [2.75, 3.05) is 0 Å². The molecule has 0 saturated carbocycles. The van der Waals surface area contributed by atoms with Gasteiger partial charge in [0.25, 0.3) is 0 Å². The van der Waals surface area contributed by atoms with Crippen molar-refractivity contribution in [3.8, 4) is 5.75 Å². The summed E-state index contributed by atoms with van der Waals surface area (Å²) in [5.41, 5.74) is 8.84. The monoisotopic (exact) mass is 271 g/mol. The Bertz CT molecular complexity index is 655. The lowest BCUT2D eigenvalue weighted by Crippen LogP contribution is -2.38. The van der Waals surface area contributed by atoms with Crippen LogP contribution in [0.2, 0.25) is 0 Å². The van der Waals surface area contributed by atoms with E-state index < -0.39 is 5.60 Å². The third-order valence-electron chi connectivity index (χ3n) is 3.95. The number of ether oxygens (including phenoxy) is 1. The fourth-order valence-corrected chi connectivity index (χ4v) is 2.87. The number of hydrogen-bond donors (Lipinski definition) is 1. The summed E-state index contributed by atoms with van der Waals surface area (Å²) in [6, 6.07) is 12.6. The second kappa shape index (κ2) is 4.60. The van der Waals surface area contributed by atoms with Gasteiger partial charge in [0.1, 0.15) is 17.2 Å². The predicted octanol–water partition coefficient (Wildman–Crippen LogP) is 3.83. The van der Waals surface area contributed by atoms with E-state index >= 15 is 0 Å². The summed E-state index contributed by atoms with van der Waals surface area (Å²) < 4.78 is 19.5. The summed E-state index contributed by atoms with van der Waals surface area (Å²) in [5.74, 6) is 0.247. The van der Waals surface area contributed by atoms with Gasteiger partial charge in [-0.1, -0.05) is 35.9 Å². The van der Waals surface area contributed by atoms with Crippen molar-refractivity contribution in [1.82, 2.24) is 0 Å². The van der Waals surface area contributed by atoms with Gasteiger partial charge in [0.2, 0.25) is 0 Å². The van der Waals surface area contributed by atoms with Crippen LogP contribution in [0.4, 0.5) is 4.39 Å². The Balaban J connectivity index is 2.05. The highest BCUT2D eigenvalue weighted by Gasteiger charge is 2.37. The summed E-state index contributed by atoms with van der Waals surface area (Å²) in [4.78, 5) is 0. The van der Waals surface area contributed by atoms with E-state index in [1.807, 2.05) is 32.0 Å². The predicted molar refractivity (Wildman–Crippen MR) is 77.1 cm³/mol. The van der Waals surface area contributed by atoms with Crippen molar-refractivity contribution in [1.29, 1.82) is 0 Å². The molecule has 1 heterocycles. The summed E-state index contributed by atoms with van der Waals surface area (Å²) >= 11 is 0. The summed E-state index contributed by atoms with van der Waals surface area (Å²) in [5, 5.41) is 0. The first-order valence-corrected chi connectivity index (χ1v) is 6.79. The Morgan fingerprint density at radius 1 is 1.25 bits per heavy atom. The Morgan fingerprint density at radius 2 is 2.05 bits per heavy atom. The van der Waals surface area contributed by atoms with Crippen LogP contribution in [0.3, 0.4) is 0 Å². The van der Waals surface area contributed by atoms with Crippen LogP contribution < -0.4 is 10.5 Å². The van der Waals surface area contributed by atoms with Crippen LogP contribution in [0.5, 0.6) is 5.75 Å². The summed E-state index contributed by atoms with van der Waals surface area (Å²) in [6.45, 7) is 4.05. The molecule has 104 valence electrons. The van der Waals surface area contributed by atoms with E-state index in [1.54, 1.807) is 6.07 Å². The van der Waals surface area contributed by atoms with E-state index in [2.05, 4.69) is 6.07 Å². The van der Waals surface area contributed by atoms with Gasteiger partial charge < -0.3 is 10.5 Å². The van der Waals surface area contributed by atoms with Gasteiger partial charge in [-0.15, -0.1) is 0 Å². The fourth-order valence-electron chi connectivity index (χ4n) is 2.87. The van der Waals surface area contributed by atoms with Crippen LogP contribution >= 0.6 is 0 Å². The smallest absolute Gasteiger partial charge is 0.133 e. The van der Waals surface area contributed by atoms with Gasteiger partial charge in [-0.05, 0) is 25.5 Å². The molecule has 2 N–H and O–H groups in total. The van der Waals surface area contributed by atoms with Gasteiger partial charge >= 0.3 is 0 Å². The minimum atomic E-state index is -0.522. The molecule has 1 unspecified atom stereocenters. The number of nitrogens with two attached hydrogens (primary N) is 1. The Morgan fingerprint density at radius 3 is 2.80 bits per heavy atom. The highest BCUT2D eigenvalue weighted by molar-refractivity contribution is 5.41. The number of rotatable bonds is 1. The lowest BCUT2D eigenvalue weighted by molar-refractivity contribution is 0.0507. The molecule has 0 radical (unpaired) electrons. The van der Waals surface area contributed by atoms with Gasteiger partial charge in [0.05, 0.1) is 0 Å². The second-order valence-electron chi connectivity index (χ2n) is 5.70. The van der Waals surface area contributed by atoms with Gasteiger partial charge in [0, 0.05) is 24.1 Å². The van der Waals surface area contributed by atoms with Crippen molar-refractivity contribution < 1.29 is 9.13 Å². The van der Waals surface area contributed by atoms with Crippen molar-refractivity contribution in [2.24, 2.45) is 5.73 Å². The number of halogens is 1. The fraction of sp³-hybridized carbons (Fsp3) is 0.294. The van der Waals surface area contributed by atoms with Gasteiger partial charge in [0.15, 0.2) is 0 Å². The number of benzene rings is 2. The highest BCUT2D eigenvalue weighted by atomic mass is 19.1. The third-order valence-corrected chi connectivity index (χ3v) is 3.95. The van der Waals surface area contributed by atoms with Crippen LogP contribution in [-0.2, 0) is 5.60 Å². The first-order valence-electron chi connectivity index (χ1n) is 6.79. The van der Waals surface area contributed by atoms with Crippen LogP contribution in [0, 0.1) is 12.7 Å². The van der Waals surface area contributed by atoms with E-state index in [9.17, 15) is 4.39 Å². The Labute approximate surface area is 118 Å². The maximum absolute atomic E-state index is 13.4. The van der Waals surface area contributed by atoms with Crippen LogP contribution in [0.25, 0.3) is 0 Å². The maximum atomic E-state index is 13.4. The van der Waals surface area contributed by atoms with Gasteiger partial charge in [-0.2, -0.15) is 0 Å². The van der Waals surface area contributed by atoms with Crippen LogP contribution in [0.1, 0.15) is 36.1 Å². The molecule has 1 aliphatic heterocycles. The molecule has 2 aromatic rings. The SMILES string of the molecule is Cc1cccc(C2(C)C[C@H](N)c3ccc(F)cc3O2)c1. The van der Waals surface area contributed by atoms with E-state index in [1.165, 1.54) is 17.7 Å². The van der Waals surface area contributed by atoms with Crippen molar-refractivity contribution in [2.45, 2.75) is 31.9 Å². The molecule has 3 heteroatoms. The first kappa shape index (κ1) is 13.1. The zero-order valence-corrected chi connectivity index (χ0v) is 11.7. The maximum Gasteiger partial charge on any atom is 0.133 e. The quantitative estimate of drug-likeness (QED) is 0.855. The molecule has 1 aliphatic rings. The molecule has 0 aromatic heterocycles. The van der Waals surface area contributed by atoms with Crippen molar-refractivity contribution in [3.63, 3.8) is 0 Å². The minimum absolute atomic E-state index is 0.148. The molecule has 2 nitrogen and oxygen atoms in total. The van der Waals surface area contributed by atoms with E-state index in [4.69, 9.17) is 10.5 Å². The second-order valence-corrected chi connectivity index (χ2v) is 5.70. The molecule has 0 fully saturated rings. The molecule has 2 aromatic carbocycles. The molecule has 20 heavy (non-hydrogen) atoms. The highest BCUT2D eigenvalue weighted by Crippen LogP contribution is 2.43. The lowest BCUT2D eigenvalue weighted by Gasteiger charge is -2.39. The molecule has 0 spiro atoms. The minimum Gasteiger partial charge on any atom is -0.482 e. The molecular weight excluding hydrogens is 253 g/mol. The van der Waals surface area contributed by atoms with Gasteiger partial charge in [-0.3, -0.25) is 0 Å². The van der Waals surface area contributed by atoms with Crippen molar-refractivity contribution in [3.05, 3.63) is 65.0 Å². The first-order chi connectivity index (χ1) is 9.48.